The van der Waals surface area contributed by atoms with Crippen molar-refractivity contribution >= 4 is 5.96 Å². The van der Waals surface area contributed by atoms with Crippen LogP contribution in [0.5, 0.6) is 17.2 Å². The molecule has 1 aromatic carbocycles. The van der Waals surface area contributed by atoms with Gasteiger partial charge in [0.05, 0.1) is 0 Å². The van der Waals surface area contributed by atoms with Crippen LogP contribution in [0.2, 0.25) is 0 Å². The molecular weight excluding hydrogens is 358 g/mol. The quantitative estimate of drug-likeness (QED) is 0.502. The van der Waals surface area contributed by atoms with Crippen LogP contribution in [0.1, 0.15) is 26.3 Å². The molecule has 9 heteroatoms. The Hall–Kier alpha value is -2.29. The summed E-state index contributed by atoms with van der Waals surface area (Å²) < 4.78 is 40.6. The summed E-state index contributed by atoms with van der Waals surface area (Å²) >= 11 is 0. The van der Waals surface area contributed by atoms with Crippen LogP contribution < -0.4 is 24.8 Å². The van der Waals surface area contributed by atoms with Crippen molar-refractivity contribution in [3.05, 3.63) is 17.7 Å². The standard InChI is InChI=1S/C18H28F2N4O3/c1-5-24(12(2)3)7-6-22-18(21-4)23-10-13-8-15-16(26-11-25-15)9-14(13)27-17(19)20/h8-9,12,17H,5-7,10-11H2,1-4H3,(H2,21,22,23). The topological polar surface area (TPSA) is 67.4 Å². The summed E-state index contributed by atoms with van der Waals surface area (Å²) in [5.41, 5.74) is 0.528. The van der Waals surface area contributed by atoms with Gasteiger partial charge in [-0.2, -0.15) is 8.78 Å². The van der Waals surface area contributed by atoms with Crippen LogP contribution in [0.3, 0.4) is 0 Å². The van der Waals surface area contributed by atoms with E-state index in [1.54, 1.807) is 13.1 Å². The fraction of sp³-hybridized carbons (Fsp3) is 0.611. The van der Waals surface area contributed by atoms with Crippen LogP contribution >= 0.6 is 0 Å². The third-order valence-corrected chi connectivity index (χ3v) is 4.27. The van der Waals surface area contributed by atoms with Crippen molar-refractivity contribution in [2.24, 2.45) is 4.99 Å². The molecule has 7 nitrogen and oxygen atoms in total. The Labute approximate surface area is 158 Å². The molecule has 0 atom stereocenters. The number of fused-ring (bicyclic) bond motifs is 1. The average molecular weight is 386 g/mol. The highest BCUT2D eigenvalue weighted by atomic mass is 19.3. The number of ether oxygens (including phenoxy) is 3. The smallest absolute Gasteiger partial charge is 0.387 e. The van der Waals surface area contributed by atoms with E-state index in [2.05, 4.69) is 46.0 Å². The molecule has 0 unspecified atom stereocenters. The van der Waals surface area contributed by atoms with E-state index in [0.29, 0.717) is 35.6 Å². The molecule has 1 aromatic rings. The number of nitrogens with zero attached hydrogens (tertiary/aromatic N) is 2. The second-order valence-electron chi connectivity index (χ2n) is 6.27. The number of benzene rings is 1. The van der Waals surface area contributed by atoms with Gasteiger partial charge in [0.2, 0.25) is 6.79 Å². The molecule has 0 radical (unpaired) electrons. The molecule has 152 valence electrons. The van der Waals surface area contributed by atoms with Crippen molar-refractivity contribution in [2.45, 2.75) is 40.0 Å². The van der Waals surface area contributed by atoms with Crippen molar-refractivity contribution in [1.82, 2.24) is 15.5 Å². The summed E-state index contributed by atoms with van der Waals surface area (Å²) in [6.07, 6.45) is 0. The summed E-state index contributed by atoms with van der Waals surface area (Å²) in [5, 5.41) is 6.33. The minimum Gasteiger partial charge on any atom is -0.454 e. The maximum Gasteiger partial charge on any atom is 0.387 e. The van der Waals surface area contributed by atoms with Crippen LogP contribution in [-0.4, -0.2) is 57.0 Å². The second-order valence-corrected chi connectivity index (χ2v) is 6.27. The molecule has 0 aromatic heterocycles. The number of guanidine groups is 1. The zero-order valence-corrected chi connectivity index (χ0v) is 16.2. The summed E-state index contributed by atoms with van der Waals surface area (Å²) in [6, 6.07) is 3.52. The molecule has 1 aliphatic rings. The monoisotopic (exact) mass is 386 g/mol. The van der Waals surface area contributed by atoms with E-state index in [-0.39, 0.29) is 19.1 Å². The van der Waals surface area contributed by atoms with Crippen molar-refractivity contribution in [1.29, 1.82) is 0 Å². The Kier molecular flexibility index (Phi) is 7.90. The van der Waals surface area contributed by atoms with Crippen molar-refractivity contribution in [2.75, 3.05) is 33.5 Å². The highest BCUT2D eigenvalue weighted by molar-refractivity contribution is 5.79. The summed E-state index contributed by atoms with van der Waals surface area (Å²) in [5.74, 6) is 1.53. The van der Waals surface area contributed by atoms with Gasteiger partial charge in [0.15, 0.2) is 17.5 Å². The molecule has 0 saturated heterocycles. The predicted molar refractivity (Wildman–Crippen MR) is 99.8 cm³/mol. The zero-order valence-electron chi connectivity index (χ0n) is 16.2. The van der Waals surface area contributed by atoms with Crippen LogP contribution in [-0.2, 0) is 6.54 Å². The lowest BCUT2D eigenvalue weighted by Gasteiger charge is -2.25. The van der Waals surface area contributed by atoms with Gasteiger partial charge in [-0.1, -0.05) is 6.92 Å². The van der Waals surface area contributed by atoms with Gasteiger partial charge in [0.1, 0.15) is 5.75 Å². The van der Waals surface area contributed by atoms with E-state index >= 15 is 0 Å². The molecule has 0 bridgehead atoms. The van der Waals surface area contributed by atoms with Gasteiger partial charge >= 0.3 is 6.61 Å². The van der Waals surface area contributed by atoms with E-state index in [9.17, 15) is 8.78 Å². The Balaban J connectivity index is 1.95. The maximum absolute atomic E-state index is 12.7. The molecule has 0 aliphatic carbocycles. The van der Waals surface area contributed by atoms with Crippen molar-refractivity contribution in [3.63, 3.8) is 0 Å². The van der Waals surface area contributed by atoms with Gasteiger partial charge in [-0.25, -0.2) is 0 Å². The number of halogens is 2. The van der Waals surface area contributed by atoms with E-state index in [1.165, 1.54) is 6.07 Å². The van der Waals surface area contributed by atoms with E-state index in [4.69, 9.17) is 9.47 Å². The summed E-state index contributed by atoms with van der Waals surface area (Å²) in [7, 11) is 1.66. The van der Waals surface area contributed by atoms with E-state index < -0.39 is 6.61 Å². The van der Waals surface area contributed by atoms with Gasteiger partial charge in [-0.15, -0.1) is 0 Å². The van der Waals surface area contributed by atoms with Gasteiger partial charge in [-0.3, -0.25) is 9.89 Å². The van der Waals surface area contributed by atoms with Crippen LogP contribution in [0, 0.1) is 0 Å². The highest BCUT2D eigenvalue weighted by Gasteiger charge is 2.20. The van der Waals surface area contributed by atoms with Crippen LogP contribution in [0.4, 0.5) is 8.78 Å². The third kappa shape index (κ3) is 6.13. The van der Waals surface area contributed by atoms with Crippen molar-refractivity contribution < 1.29 is 23.0 Å². The first-order valence-corrected chi connectivity index (χ1v) is 9.00. The summed E-state index contributed by atoms with van der Waals surface area (Å²) in [4.78, 5) is 6.49. The molecule has 1 aliphatic heterocycles. The molecule has 0 saturated carbocycles. The molecule has 0 spiro atoms. The first-order valence-electron chi connectivity index (χ1n) is 9.00. The van der Waals surface area contributed by atoms with Crippen molar-refractivity contribution in [3.8, 4) is 17.2 Å². The second kappa shape index (κ2) is 10.1. The molecule has 1 heterocycles. The number of nitrogens with one attached hydrogen (secondary N) is 2. The summed E-state index contributed by atoms with van der Waals surface area (Å²) in [6.45, 7) is 6.38. The lowest BCUT2D eigenvalue weighted by atomic mass is 10.1. The fourth-order valence-corrected chi connectivity index (χ4v) is 2.81. The highest BCUT2D eigenvalue weighted by Crippen LogP contribution is 2.38. The van der Waals surface area contributed by atoms with Gasteiger partial charge < -0.3 is 24.8 Å². The Morgan fingerprint density at radius 3 is 2.56 bits per heavy atom. The van der Waals surface area contributed by atoms with E-state index in [1.807, 2.05) is 0 Å². The largest absolute Gasteiger partial charge is 0.454 e. The first kappa shape index (κ1) is 21.0. The molecule has 2 N–H and O–H groups in total. The lowest BCUT2D eigenvalue weighted by molar-refractivity contribution is -0.0505. The number of hydrogen-bond acceptors (Lipinski definition) is 5. The molecule has 0 amide bonds. The Morgan fingerprint density at radius 2 is 1.96 bits per heavy atom. The molecular formula is C18H28F2N4O3. The van der Waals surface area contributed by atoms with Gasteiger partial charge in [-0.05, 0) is 26.5 Å². The number of alkyl halides is 2. The number of hydrogen-bond donors (Lipinski definition) is 2. The zero-order chi connectivity index (χ0) is 19.8. The lowest BCUT2D eigenvalue weighted by Crippen LogP contribution is -2.42. The van der Waals surface area contributed by atoms with Gasteiger partial charge in [0, 0.05) is 44.4 Å². The number of rotatable bonds is 9. The minimum atomic E-state index is -2.92. The van der Waals surface area contributed by atoms with Crippen LogP contribution in [0.25, 0.3) is 0 Å². The first-order chi connectivity index (χ1) is 12.9. The molecule has 27 heavy (non-hydrogen) atoms. The predicted octanol–water partition coefficient (Wildman–Crippen LogP) is 2.41. The maximum atomic E-state index is 12.7. The Bertz CT molecular complexity index is 641. The number of likely N-dealkylation sites (N-methyl/N-ethyl adjacent to an activating group) is 1. The van der Waals surface area contributed by atoms with E-state index in [0.717, 1.165) is 13.1 Å². The SMILES string of the molecule is CCN(CCNC(=NC)NCc1cc2c(cc1OC(F)F)OCO2)C(C)C. The normalized spacial score (nSPS) is 13.6. The fourth-order valence-electron chi connectivity index (χ4n) is 2.81. The Morgan fingerprint density at radius 1 is 1.26 bits per heavy atom. The molecule has 2 rings (SSSR count). The molecule has 0 fully saturated rings. The minimum absolute atomic E-state index is 0.0502. The number of aliphatic imine (C=N–C) groups is 1. The van der Waals surface area contributed by atoms with Gasteiger partial charge in [0.25, 0.3) is 0 Å². The third-order valence-electron chi connectivity index (χ3n) is 4.27. The average Bonchev–Trinajstić information content (AvgIpc) is 3.07. The van der Waals surface area contributed by atoms with Crippen LogP contribution in [0.15, 0.2) is 17.1 Å².